The zero-order chi connectivity index (χ0) is 12.9. The fraction of sp³-hybridized carbons (Fsp3) is 0.600. The molecule has 0 heterocycles. The Bertz CT molecular complexity index is 229. The number of benzene rings is 1. The van der Waals surface area contributed by atoms with E-state index in [0.717, 1.165) is 5.02 Å². The Morgan fingerprint density at radius 3 is 1.94 bits per heavy atom. The first-order valence-electron chi connectivity index (χ1n) is 6.92. The van der Waals surface area contributed by atoms with Crippen LogP contribution in [0.4, 0.5) is 0 Å². The van der Waals surface area contributed by atoms with Gasteiger partial charge in [-0.2, -0.15) is 0 Å². The summed E-state index contributed by atoms with van der Waals surface area (Å²) in [6, 6.07) is 7.75. The quantitative estimate of drug-likeness (QED) is 0.500. The van der Waals surface area contributed by atoms with Gasteiger partial charge in [0.05, 0.1) is 0 Å². The van der Waals surface area contributed by atoms with E-state index in [1.165, 1.54) is 65.7 Å². The van der Waals surface area contributed by atoms with E-state index >= 15 is 0 Å². The Hall–Kier alpha value is 0.0425. The van der Waals surface area contributed by atoms with E-state index in [4.69, 9.17) is 11.6 Å². The first-order valence-corrected chi connectivity index (χ1v) is 8.72. The maximum atomic E-state index is 5.61. The normalized spacial score (nSPS) is 9.59. The van der Waals surface area contributed by atoms with Gasteiger partial charge in [0.2, 0.25) is 16.3 Å². The third kappa shape index (κ3) is 12.3. The van der Waals surface area contributed by atoms with Crippen molar-refractivity contribution in [1.29, 1.82) is 0 Å². The molecular formula is C15H26AlCl. The molecule has 0 aromatic heterocycles. The molecule has 0 unspecified atom stereocenters. The molecule has 1 aromatic rings. The molecule has 0 amide bonds. The van der Waals surface area contributed by atoms with Crippen molar-refractivity contribution in [2.45, 2.75) is 57.7 Å². The topological polar surface area (TPSA) is 0 Å². The van der Waals surface area contributed by atoms with E-state index in [1.54, 1.807) is 0 Å². The van der Waals surface area contributed by atoms with Crippen LogP contribution in [-0.2, 0) is 0 Å². The number of aryl methyl sites for hydroxylation is 1. The van der Waals surface area contributed by atoms with Gasteiger partial charge in [0, 0.05) is 5.02 Å². The van der Waals surface area contributed by atoms with Gasteiger partial charge in [-0.15, -0.1) is 5.28 Å². The first-order chi connectivity index (χ1) is 8.20. The van der Waals surface area contributed by atoms with Crippen molar-refractivity contribution < 1.29 is 0 Å². The molecule has 0 aliphatic carbocycles. The summed E-state index contributed by atoms with van der Waals surface area (Å²) in [4.78, 5) is 0. The van der Waals surface area contributed by atoms with Gasteiger partial charge in [-0.25, -0.2) is 0 Å². The zero-order valence-corrected chi connectivity index (χ0v) is 14.4. The summed E-state index contributed by atoms with van der Waals surface area (Å²) >= 11 is 7.02. The van der Waals surface area contributed by atoms with Crippen molar-refractivity contribution in [2.75, 3.05) is 0 Å². The smallest absolute Gasteiger partial charge is 0.101 e. The maximum Gasteiger partial charge on any atom is 0.211 e. The average molecular weight is 269 g/mol. The summed E-state index contributed by atoms with van der Waals surface area (Å²) in [7, 11) is 0. The van der Waals surface area contributed by atoms with Crippen LogP contribution < -0.4 is 0 Å². The highest BCUT2D eigenvalue weighted by molar-refractivity contribution is 6.30. The van der Waals surface area contributed by atoms with Crippen LogP contribution in [-0.4, -0.2) is 16.3 Å². The summed E-state index contributed by atoms with van der Waals surface area (Å²) in [5, 5.41) is 2.31. The molecule has 96 valence electrons. The van der Waals surface area contributed by atoms with Crippen LogP contribution in [0.2, 0.25) is 10.3 Å². The molecule has 0 bridgehead atoms. The van der Waals surface area contributed by atoms with Gasteiger partial charge in [0.25, 0.3) is 0 Å². The molecule has 17 heavy (non-hydrogen) atoms. The molecular weight excluding hydrogens is 243 g/mol. The van der Waals surface area contributed by atoms with Crippen LogP contribution in [0.15, 0.2) is 24.3 Å². The molecule has 2 heteroatoms. The van der Waals surface area contributed by atoms with E-state index in [-0.39, 0.29) is 0 Å². The Labute approximate surface area is 120 Å². The molecule has 0 radical (unpaired) electrons. The molecule has 0 aliphatic heterocycles. The minimum atomic E-state index is 0.801. The second kappa shape index (κ2) is 12.5. The fourth-order valence-corrected chi connectivity index (χ4v) is 2.19. The van der Waals surface area contributed by atoms with Crippen molar-refractivity contribution in [3.63, 3.8) is 0 Å². The zero-order valence-electron chi connectivity index (χ0n) is 11.6. The molecule has 0 spiro atoms. The third-order valence-electron chi connectivity index (χ3n) is 2.72. The predicted molar refractivity (Wildman–Crippen MR) is 82.9 cm³/mol. The Morgan fingerprint density at radius 1 is 0.941 bits per heavy atom. The van der Waals surface area contributed by atoms with Gasteiger partial charge >= 0.3 is 0 Å². The summed E-state index contributed by atoms with van der Waals surface area (Å²) in [6.45, 7) is 4.31. The highest BCUT2D eigenvalue weighted by atomic mass is 35.5. The molecule has 0 N–H and O–H groups in total. The van der Waals surface area contributed by atoms with Crippen molar-refractivity contribution in [2.24, 2.45) is 0 Å². The predicted octanol–water partition coefficient (Wildman–Crippen LogP) is 5.05. The number of hydrogen-bond acceptors (Lipinski definition) is 0. The van der Waals surface area contributed by atoms with Crippen LogP contribution >= 0.6 is 11.6 Å². The Morgan fingerprint density at radius 2 is 1.47 bits per heavy atom. The second-order valence-corrected chi connectivity index (χ2v) is 6.00. The van der Waals surface area contributed by atoms with Crippen LogP contribution in [0, 0.1) is 6.92 Å². The van der Waals surface area contributed by atoms with Crippen LogP contribution in [0.5, 0.6) is 0 Å². The molecule has 0 atom stereocenters. The lowest BCUT2D eigenvalue weighted by Crippen LogP contribution is -1.77. The number of hydrogen-bond donors (Lipinski definition) is 0. The standard InChI is InChI=1S/C8H17.C7H7Cl.Al.2H/c1-3-5-7-8-6-4-2;1-6-2-4-7(8)5-3-6;;;/h1,3-8H2,2H3;2-5H,1H3;;;. The largest absolute Gasteiger partial charge is 0.211 e. The van der Waals surface area contributed by atoms with Gasteiger partial charge < -0.3 is 0 Å². The van der Waals surface area contributed by atoms with Gasteiger partial charge in [0.1, 0.15) is 0 Å². The van der Waals surface area contributed by atoms with Gasteiger partial charge in [-0.1, -0.05) is 74.7 Å². The lowest BCUT2D eigenvalue weighted by molar-refractivity contribution is 0.624. The highest BCUT2D eigenvalue weighted by Gasteiger charge is 1.86. The first kappa shape index (κ1) is 17.0. The summed E-state index contributed by atoms with van der Waals surface area (Å²) < 4.78 is 0. The molecule has 1 rings (SSSR count). The molecule has 0 saturated heterocycles. The maximum absolute atomic E-state index is 5.61. The van der Waals surface area contributed by atoms with Crippen LogP contribution in [0.1, 0.15) is 51.0 Å². The number of rotatable bonds is 6. The van der Waals surface area contributed by atoms with Crippen LogP contribution in [0.25, 0.3) is 0 Å². The van der Waals surface area contributed by atoms with E-state index in [9.17, 15) is 0 Å². The van der Waals surface area contributed by atoms with E-state index in [0.29, 0.717) is 0 Å². The highest BCUT2D eigenvalue weighted by Crippen LogP contribution is 2.07. The van der Waals surface area contributed by atoms with Crippen molar-refractivity contribution in [1.82, 2.24) is 0 Å². The molecule has 0 saturated carbocycles. The fourth-order valence-electron chi connectivity index (χ4n) is 1.56. The van der Waals surface area contributed by atoms with Crippen LogP contribution in [0.3, 0.4) is 0 Å². The minimum absolute atomic E-state index is 0.801. The lowest BCUT2D eigenvalue weighted by atomic mass is 10.1. The monoisotopic (exact) mass is 268 g/mol. The number of halogens is 1. The molecule has 0 fully saturated rings. The van der Waals surface area contributed by atoms with E-state index < -0.39 is 0 Å². The van der Waals surface area contributed by atoms with Crippen molar-refractivity contribution >= 4 is 27.9 Å². The average Bonchev–Trinajstić information content (AvgIpc) is 2.34. The van der Waals surface area contributed by atoms with Gasteiger partial charge in [-0.3, -0.25) is 0 Å². The van der Waals surface area contributed by atoms with Crippen molar-refractivity contribution in [3.8, 4) is 0 Å². The second-order valence-electron chi connectivity index (χ2n) is 4.56. The lowest BCUT2D eigenvalue weighted by Gasteiger charge is -1.96. The van der Waals surface area contributed by atoms with Crippen molar-refractivity contribution in [3.05, 3.63) is 34.9 Å². The SMILES string of the molecule is CCCCCCC[CH2][AlH2].Cc1ccc(Cl)cc1. The Balaban J connectivity index is 0.000000302. The summed E-state index contributed by atoms with van der Waals surface area (Å²) in [6.07, 6.45) is 8.76. The summed E-state index contributed by atoms with van der Waals surface area (Å²) in [5.41, 5.74) is 1.24. The molecule has 0 nitrogen and oxygen atoms in total. The third-order valence-corrected chi connectivity index (χ3v) is 3.68. The minimum Gasteiger partial charge on any atom is -0.101 e. The molecule has 0 aliphatic rings. The Kier molecular flexibility index (Phi) is 12.5. The van der Waals surface area contributed by atoms with E-state index in [2.05, 4.69) is 6.92 Å². The van der Waals surface area contributed by atoms with Gasteiger partial charge in [0.15, 0.2) is 0 Å². The number of unbranched alkanes of at least 4 members (excludes halogenated alkanes) is 5. The molecule has 1 aromatic carbocycles. The van der Waals surface area contributed by atoms with Gasteiger partial charge in [-0.05, 0) is 19.1 Å². The summed E-state index contributed by atoms with van der Waals surface area (Å²) in [5.74, 6) is 0. The van der Waals surface area contributed by atoms with E-state index in [1.807, 2.05) is 31.2 Å².